The third kappa shape index (κ3) is 2.27. The molecule has 3 aromatic rings. The van der Waals surface area contributed by atoms with Crippen LogP contribution in [0.5, 0.6) is 0 Å². The van der Waals surface area contributed by atoms with Crippen LogP contribution >= 0.6 is 0 Å². The van der Waals surface area contributed by atoms with Crippen LogP contribution in [0.2, 0.25) is 0 Å². The van der Waals surface area contributed by atoms with Gasteiger partial charge in [0.05, 0.1) is 10.4 Å². The molecular weight excluding hydrogens is 322 g/mol. The van der Waals surface area contributed by atoms with Crippen molar-refractivity contribution in [1.29, 1.82) is 0 Å². The standard InChI is InChI=1S/C19H17NO3S/c21-19-11-5-9-17(19)15-8-4-10-18-16(15)12-13-20(18)24(22,23)14-6-2-1-3-7-14/h1-4,6-8,10,12-13,17H,5,9,11H2. The average Bonchev–Trinajstić information content (AvgIpc) is 3.22. The van der Waals surface area contributed by atoms with E-state index in [4.69, 9.17) is 0 Å². The summed E-state index contributed by atoms with van der Waals surface area (Å²) in [4.78, 5) is 12.4. The number of Topliss-reactive ketones (excluding diaryl/α,β-unsaturated/α-hetero) is 1. The lowest BCUT2D eigenvalue weighted by atomic mass is 9.94. The molecule has 1 unspecified atom stereocenters. The van der Waals surface area contributed by atoms with Crippen LogP contribution in [0.15, 0.2) is 65.7 Å². The van der Waals surface area contributed by atoms with Gasteiger partial charge >= 0.3 is 0 Å². The van der Waals surface area contributed by atoms with E-state index in [1.54, 1.807) is 48.7 Å². The minimum Gasteiger partial charge on any atom is -0.299 e. The van der Waals surface area contributed by atoms with Crippen LogP contribution in [0, 0.1) is 0 Å². The van der Waals surface area contributed by atoms with Crippen LogP contribution < -0.4 is 0 Å². The molecule has 0 aliphatic heterocycles. The molecule has 1 saturated carbocycles. The lowest BCUT2D eigenvalue weighted by Crippen LogP contribution is -2.12. The van der Waals surface area contributed by atoms with Crippen LogP contribution in [0.25, 0.3) is 10.9 Å². The van der Waals surface area contributed by atoms with Gasteiger partial charge in [0.25, 0.3) is 10.0 Å². The molecule has 5 heteroatoms. The van der Waals surface area contributed by atoms with Crippen LogP contribution in [0.4, 0.5) is 0 Å². The van der Waals surface area contributed by atoms with Crippen molar-refractivity contribution in [2.45, 2.75) is 30.1 Å². The lowest BCUT2D eigenvalue weighted by Gasteiger charge is -2.11. The third-order valence-corrected chi connectivity index (χ3v) is 6.42. The van der Waals surface area contributed by atoms with E-state index in [-0.39, 0.29) is 16.6 Å². The molecule has 122 valence electrons. The van der Waals surface area contributed by atoms with Crippen molar-refractivity contribution in [3.8, 4) is 0 Å². The van der Waals surface area contributed by atoms with Crippen LogP contribution in [0.3, 0.4) is 0 Å². The third-order valence-electron chi connectivity index (χ3n) is 4.71. The van der Waals surface area contributed by atoms with Gasteiger partial charge < -0.3 is 0 Å². The average molecular weight is 339 g/mol. The fraction of sp³-hybridized carbons (Fsp3) is 0.211. The van der Waals surface area contributed by atoms with Crippen LogP contribution in [-0.4, -0.2) is 18.2 Å². The zero-order valence-corrected chi connectivity index (χ0v) is 13.9. The second-order valence-electron chi connectivity index (χ2n) is 6.12. The maximum absolute atomic E-state index is 12.9. The summed E-state index contributed by atoms with van der Waals surface area (Å²) in [5, 5.41) is 0.845. The monoisotopic (exact) mass is 339 g/mol. The van der Waals surface area contributed by atoms with Crippen LogP contribution in [0.1, 0.15) is 30.7 Å². The van der Waals surface area contributed by atoms with Crippen molar-refractivity contribution < 1.29 is 13.2 Å². The first-order valence-corrected chi connectivity index (χ1v) is 9.46. The Labute approximate surface area is 140 Å². The molecule has 2 aromatic carbocycles. The van der Waals surface area contributed by atoms with E-state index < -0.39 is 10.0 Å². The summed E-state index contributed by atoms with van der Waals surface area (Å²) < 4.78 is 27.1. The number of fused-ring (bicyclic) bond motifs is 1. The largest absolute Gasteiger partial charge is 0.299 e. The number of ketones is 1. The molecule has 1 aliphatic carbocycles. The molecule has 24 heavy (non-hydrogen) atoms. The molecule has 1 atom stereocenters. The van der Waals surface area contributed by atoms with E-state index in [1.807, 2.05) is 12.1 Å². The topological polar surface area (TPSA) is 56.1 Å². The summed E-state index contributed by atoms with van der Waals surface area (Å²) >= 11 is 0. The number of hydrogen-bond acceptors (Lipinski definition) is 3. The summed E-state index contributed by atoms with van der Waals surface area (Å²) in [6, 6.07) is 15.8. The number of aromatic nitrogens is 1. The van der Waals surface area contributed by atoms with E-state index in [0.29, 0.717) is 11.9 Å². The molecule has 4 nitrogen and oxygen atoms in total. The maximum atomic E-state index is 12.9. The van der Waals surface area contributed by atoms with Crippen molar-refractivity contribution in [1.82, 2.24) is 3.97 Å². The predicted molar refractivity (Wildman–Crippen MR) is 92.6 cm³/mol. The molecular formula is C19H17NO3S. The van der Waals surface area contributed by atoms with Gasteiger partial charge in [-0.1, -0.05) is 30.3 Å². The summed E-state index contributed by atoms with van der Waals surface area (Å²) in [7, 11) is -3.64. The van der Waals surface area contributed by atoms with Crippen molar-refractivity contribution >= 4 is 26.7 Å². The van der Waals surface area contributed by atoms with Gasteiger partial charge in [0.2, 0.25) is 0 Å². The Kier molecular flexibility index (Phi) is 3.53. The van der Waals surface area contributed by atoms with Crippen molar-refractivity contribution in [3.05, 3.63) is 66.4 Å². The van der Waals surface area contributed by atoms with Gasteiger partial charge in [0.1, 0.15) is 5.78 Å². The minimum absolute atomic E-state index is 0.107. The highest BCUT2D eigenvalue weighted by molar-refractivity contribution is 7.90. The number of benzene rings is 2. The van der Waals surface area contributed by atoms with E-state index >= 15 is 0 Å². The number of rotatable bonds is 3. The quantitative estimate of drug-likeness (QED) is 0.731. The fourth-order valence-electron chi connectivity index (χ4n) is 3.53. The Hall–Kier alpha value is -2.40. The van der Waals surface area contributed by atoms with Crippen molar-refractivity contribution in [2.24, 2.45) is 0 Å². The summed E-state index contributed by atoms with van der Waals surface area (Å²) in [6.07, 6.45) is 3.94. The molecule has 1 aliphatic rings. The first-order valence-electron chi connectivity index (χ1n) is 8.02. The van der Waals surface area contributed by atoms with Crippen molar-refractivity contribution in [3.63, 3.8) is 0 Å². The molecule has 0 bridgehead atoms. The molecule has 0 spiro atoms. The predicted octanol–water partition coefficient (Wildman–Crippen LogP) is 3.71. The molecule has 4 rings (SSSR count). The fourth-order valence-corrected chi connectivity index (χ4v) is 4.90. The SMILES string of the molecule is O=C1CCCC1c1cccc2c1ccn2S(=O)(=O)c1ccccc1. The summed E-state index contributed by atoms with van der Waals surface area (Å²) in [6.45, 7) is 0. The molecule has 1 fully saturated rings. The van der Waals surface area contributed by atoms with Gasteiger partial charge in [-0.3, -0.25) is 4.79 Å². The molecule has 0 saturated heterocycles. The minimum atomic E-state index is -3.64. The van der Waals surface area contributed by atoms with E-state index in [0.717, 1.165) is 23.8 Å². The lowest BCUT2D eigenvalue weighted by molar-refractivity contribution is -0.118. The highest BCUT2D eigenvalue weighted by Crippen LogP contribution is 2.36. The molecule has 0 amide bonds. The number of hydrogen-bond donors (Lipinski definition) is 0. The van der Waals surface area contributed by atoms with Gasteiger partial charge in [-0.15, -0.1) is 0 Å². The Morgan fingerprint density at radius 2 is 1.75 bits per heavy atom. The van der Waals surface area contributed by atoms with E-state index in [9.17, 15) is 13.2 Å². The Balaban J connectivity index is 1.89. The first-order chi connectivity index (χ1) is 11.6. The molecule has 0 N–H and O–H groups in total. The smallest absolute Gasteiger partial charge is 0.268 e. The second kappa shape index (κ2) is 5.60. The number of carbonyl (C=O) groups excluding carboxylic acids is 1. The first kappa shape index (κ1) is 15.1. The zero-order valence-electron chi connectivity index (χ0n) is 13.1. The van der Waals surface area contributed by atoms with Gasteiger partial charge in [0.15, 0.2) is 0 Å². The highest BCUT2D eigenvalue weighted by Gasteiger charge is 2.28. The number of nitrogens with zero attached hydrogens (tertiary/aromatic N) is 1. The second-order valence-corrected chi connectivity index (χ2v) is 7.94. The molecule has 1 heterocycles. The van der Waals surface area contributed by atoms with Gasteiger partial charge in [-0.25, -0.2) is 12.4 Å². The van der Waals surface area contributed by atoms with E-state index in [1.165, 1.54) is 3.97 Å². The Morgan fingerprint density at radius 1 is 0.958 bits per heavy atom. The maximum Gasteiger partial charge on any atom is 0.268 e. The van der Waals surface area contributed by atoms with E-state index in [2.05, 4.69) is 0 Å². The summed E-state index contributed by atoms with van der Waals surface area (Å²) in [5.41, 5.74) is 1.56. The molecule has 1 aromatic heterocycles. The molecule has 0 radical (unpaired) electrons. The highest BCUT2D eigenvalue weighted by atomic mass is 32.2. The number of carbonyl (C=O) groups is 1. The summed E-state index contributed by atoms with van der Waals surface area (Å²) in [5.74, 6) is 0.144. The van der Waals surface area contributed by atoms with Gasteiger partial charge in [-0.05, 0) is 42.7 Å². The van der Waals surface area contributed by atoms with Crippen LogP contribution in [-0.2, 0) is 14.8 Å². The normalized spacial score (nSPS) is 18.3. The Morgan fingerprint density at radius 3 is 2.46 bits per heavy atom. The van der Waals surface area contributed by atoms with Gasteiger partial charge in [-0.2, -0.15) is 0 Å². The zero-order chi connectivity index (χ0) is 16.7. The van der Waals surface area contributed by atoms with Gasteiger partial charge in [0, 0.05) is 23.9 Å². The van der Waals surface area contributed by atoms with Crippen molar-refractivity contribution in [2.75, 3.05) is 0 Å². The Bertz CT molecular complexity index is 1020.